The van der Waals surface area contributed by atoms with Gasteiger partial charge in [-0.2, -0.15) is 0 Å². The smallest absolute Gasteiger partial charge is 0.209 e. The van der Waals surface area contributed by atoms with Gasteiger partial charge in [0, 0.05) is 20.1 Å². The van der Waals surface area contributed by atoms with E-state index in [2.05, 4.69) is 0 Å². The van der Waals surface area contributed by atoms with Crippen LogP contribution in [-0.2, 0) is 9.53 Å². The molecule has 0 atom stereocenters. The maximum absolute atomic E-state index is 10.0. The van der Waals surface area contributed by atoms with Gasteiger partial charge in [-0.1, -0.05) is 0 Å². The fourth-order valence-electron chi connectivity index (χ4n) is 0.447. The lowest BCUT2D eigenvalue weighted by molar-refractivity contribution is -0.117. The number of ether oxygens (including phenoxy) is 1. The van der Waals surface area contributed by atoms with Crippen LogP contribution >= 0.6 is 0 Å². The molecule has 0 aromatic heterocycles. The summed E-state index contributed by atoms with van der Waals surface area (Å²) in [5, 5.41) is 0. The SMILES string of the molecule is CN(C=O)CCOCCN. The summed E-state index contributed by atoms with van der Waals surface area (Å²) in [6.45, 7) is 2.29. The normalized spacial score (nSPS) is 9.40. The molecule has 1 amide bonds. The van der Waals surface area contributed by atoms with Crippen LogP contribution in [0, 0.1) is 0 Å². The second-order valence-corrected chi connectivity index (χ2v) is 1.99. The Morgan fingerprint density at radius 3 is 2.80 bits per heavy atom. The van der Waals surface area contributed by atoms with Gasteiger partial charge in [0.15, 0.2) is 0 Å². The highest BCUT2D eigenvalue weighted by Crippen LogP contribution is 1.76. The van der Waals surface area contributed by atoms with Gasteiger partial charge in [0.05, 0.1) is 13.2 Å². The molecular formula is C6H14N2O2. The van der Waals surface area contributed by atoms with Crippen molar-refractivity contribution in [2.45, 2.75) is 0 Å². The fraction of sp³-hybridized carbons (Fsp3) is 0.833. The molecule has 0 fully saturated rings. The van der Waals surface area contributed by atoms with Gasteiger partial charge >= 0.3 is 0 Å². The fourth-order valence-corrected chi connectivity index (χ4v) is 0.447. The number of rotatable bonds is 6. The van der Waals surface area contributed by atoms with Crippen molar-refractivity contribution < 1.29 is 9.53 Å². The molecular weight excluding hydrogens is 132 g/mol. The van der Waals surface area contributed by atoms with Crippen molar-refractivity contribution in [3.05, 3.63) is 0 Å². The first-order chi connectivity index (χ1) is 4.81. The van der Waals surface area contributed by atoms with Crippen molar-refractivity contribution in [3.63, 3.8) is 0 Å². The molecule has 0 rings (SSSR count). The highest BCUT2D eigenvalue weighted by molar-refractivity contribution is 5.46. The second-order valence-electron chi connectivity index (χ2n) is 1.99. The zero-order valence-electron chi connectivity index (χ0n) is 6.25. The molecule has 4 heteroatoms. The van der Waals surface area contributed by atoms with Crippen molar-refractivity contribution >= 4 is 6.41 Å². The number of likely N-dealkylation sites (N-methyl/N-ethyl adjacent to an activating group) is 1. The highest BCUT2D eigenvalue weighted by Gasteiger charge is 1.91. The summed E-state index contributed by atoms with van der Waals surface area (Å²) in [4.78, 5) is 11.5. The molecule has 0 unspecified atom stereocenters. The monoisotopic (exact) mass is 146 g/mol. The lowest BCUT2D eigenvalue weighted by Crippen LogP contribution is -2.22. The summed E-state index contributed by atoms with van der Waals surface area (Å²) < 4.78 is 5.03. The minimum atomic E-state index is 0.533. The Bertz CT molecular complexity index is 87.8. The van der Waals surface area contributed by atoms with E-state index in [1.54, 1.807) is 7.05 Å². The van der Waals surface area contributed by atoms with Crippen molar-refractivity contribution in [1.82, 2.24) is 4.90 Å². The topological polar surface area (TPSA) is 55.6 Å². The Kier molecular flexibility index (Phi) is 6.11. The second kappa shape index (κ2) is 6.51. The van der Waals surface area contributed by atoms with Gasteiger partial charge in [-0.15, -0.1) is 0 Å². The number of nitrogens with zero attached hydrogens (tertiary/aromatic N) is 1. The third-order valence-corrected chi connectivity index (χ3v) is 1.03. The highest BCUT2D eigenvalue weighted by atomic mass is 16.5. The number of nitrogens with two attached hydrogens (primary N) is 1. The maximum atomic E-state index is 10.0. The summed E-state index contributed by atoms with van der Waals surface area (Å²) in [5.41, 5.74) is 5.17. The van der Waals surface area contributed by atoms with Gasteiger partial charge in [-0.3, -0.25) is 4.79 Å². The third kappa shape index (κ3) is 5.53. The molecule has 2 N–H and O–H groups in total. The van der Waals surface area contributed by atoms with Crippen LogP contribution in [0.2, 0.25) is 0 Å². The van der Waals surface area contributed by atoms with E-state index in [0.717, 1.165) is 6.41 Å². The van der Waals surface area contributed by atoms with E-state index in [1.807, 2.05) is 0 Å². The van der Waals surface area contributed by atoms with E-state index in [1.165, 1.54) is 4.90 Å². The summed E-state index contributed by atoms with van der Waals surface area (Å²) >= 11 is 0. The molecule has 0 aliphatic rings. The van der Waals surface area contributed by atoms with Crippen LogP contribution in [0.4, 0.5) is 0 Å². The van der Waals surface area contributed by atoms with E-state index in [0.29, 0.717) is 26.3 Å². The number of hydrogen-bond donors (Lipinski definition) is 1. The first-order valence-electron chi connectivity index (χ1n) is 3.24. The van der Waals surface area contributed by atoms with Gasteiger partial charge in [0.25, 0.3) is 0 Å². The molecule has 0 aromatic rings. The largest absolute Gasteiger partial charge is 0.378 e. The lowest BCUT2D eigenvalue weighted by Gasteiger charge is -2.09. The van der Waals surface area contributed by atoms with Gasteiger partial charge in [0.2, 0.25) is 6.41 Å². The Hall–Kier alpha value is -0.610. The minimum absolute atomic E-state index is 0.533. The van der Waals surface area contributed by atoms with Crippen molar-refractivity contribution in [3.8, 4) is 0 Å². The minimum Gasteiger partial charge on any atom is -0.378 e. The van der Waals surface area contributed by atoms with Crippen LogP contribution in [0.1, 0.15) is 0 Å². The van der Waals surface area contributed by atoms with E-state index < -0.39 is 0 Å². The van der Waals surface area contributed by atoms with Crippen LogP contribution in [-0.4, -0.2) is 44.7 Å². The molecule has 0 saturated carbocycles. The third-order valence-electron chi connectivity index (χ3n) is 1.03. The molecule has 0 aliphatic heterocycles. The van der Waals surface area contributed by atoms with Gasteiger partial charge in [-0.05, 0) is 0 Å². The van der Waals surface area contributed by atoms with Gasteiger partial charge in [0.1, 0.15) is 0 Å². The first-order valence-corrected chi connectivity index (χ1v) is 3.24. The Morgan fingerprint density at radius 1 is 1.60 bits per heavy atom. The molecule has 0 aromatic carbocycles. The number of carbonyl (C=O) groups excluding carboxylic acids is 1. The summed E-state index contributed by atoms with van der Waals surface area (Å²) in [6, 6.07) is 0. The van der Waals surface area contributed by atoms with Crippen molar-refractivity contribution in [2.24, 2.45) is 5.73 Å². The first kappa shape index (κ1) is 9.39. The van der Waals surface area contributed by atoms with Crippen LogP contribution in [0.15, 0.2) is 0 Å². The van der Waals surface area contributed by atoms with Crippen LogP contribution < -0.4 is 5.73 Å². The molecule has 60 valence electrons. The molecule has 0 saturated heterocycles. The molecule has 0 aliphatic carbocycles. The number of amides is 1. The van der Waals surface area contributed by atoms with E-state index in [9.17, 15) is 4.79 Å². The zero-order chi connectivity index (χ0) is 7.82. The van der Waals surface area contributed by atoms with Crippen molar-refractivity contribution in [2.75, 3.05) is 33.4 Å². The van der Waals surface area contributed by atoms with E-state index >= 15 is 0 Å². The van der Waals surface area contributed by atoms with Crippen molar-refractivity contribution in [1.29, 1.82) is 0 Å². The van der Waals surface area contributed by atoms with E-state index in [4.69, 9.17) is 10.5 Å². The zero-order valence-corrected chi connectivity index (χ0v) is 6.25. The summed E-state index contributed by atoms with van der Waals surface area (Å²) in [6.07, 6.45) is 0.770. The molecule has 0 bridgehead atoms. The summed E-state index contributed by atoms with van der Waals surface area (Å²) in [5.74, 6) is 0. The lowest BCUT2D eigenvalue weighted by atomic mass is 10.6. The van der Waals surface area contributed by atoms with Crippen LogP contribution in [0.3, 0.4) is 0 Å². The molecule has 0 heterocycles. The average Bonchev–Trinajstić information content (AvgIpc) is 1.98. The van der Waals surface area contributed by atoms with Gasteiger partial charge in [-0.25, -0.2) is 0 Å². The average molecular weight is 146 g/mol. The Labute approximate surface area is 60.9 Å². The van der Waals surface area contributed by atoms with E-state index in [-0.39, 0.29) is 0 Å². The molecule has 0 spiro atoms. The van der Waals surface area contributed by atoms with Gasteiger partial charge < -0.3 is 15.4 Å². The summed E-state index contributed by atoms with van der Waals surface area (Å²) in [7, 11) is 1.71. The predicted molar refractivity (Wildman–Crippen MR) is 38.6 cm³/mol. The maximum Gasteiger partial charge on any atom is 0.209 e. The predicted octanol–water partition coefficient (Wildman–Crippen LogP) is -0.950. The quantitative estimate of drug-likeness (QED) is 0.388. The number of carbonyl (C=O) groups is 1. The molecule has 10 heavy (non-hydrogen) atoms. The Morgan fingerprint density at radius 2 is 2.30 bits per heavy atom. The molecule has 4 nitrogen and oxygen atoms in total. The standard InChI is InChI=1S/C6H14N2O2/c1-8(6-9)3-5-10-4-2-7/h6H,2-5,7H2,1H3. The number of hydrogen-bond acceptors (Lipinski definition) is 3. The molecule has 0 radical (unpaired) electrons. The van der Waals surface area contributed by atoms with Crippen LogP contribution in [0.5, 0.6) is 0 Å². The Balaban J connectivity index is 2.95. The van der Waals surface area contributed by atoms with Crippen LogP contribution in [0.25, 0.3) is 0 Å².